The molecule has 7 nitrogen and oxygen atoms in total. The van der Waals surface area contributed by atoms with Gasteiger partial charge in [-0.05, 0) is 56.3 Å². The average Bonchev–Trinajstić information content (AvgIpc) is 3.45. The molecule has 1 aliphatic rings. The van der Waals surface area contributed by atoms with E-state index in [0.29, 0.717) is 5.56 Å². The second-order valence-corrected chi connectivity index (χ2v) is 9.54. The number of ether oxygens (including phenoxy) is 1. The first-order valence-electron chi connectivity index (χ1n) is 10.9. The third kappa shape index (κ3) is 4.88. The van der Waals surface area contributed by atoms with Gasteiger partial charge in [-0.2, -0.15) is 0 Å². The lowest BCUT2D eigenvalue weighted by molar-refractivity contribution is 0.0600. The topological polar surface area (TPSA) is 75.0 Å². The number of hydrogen-bond donors (Lipinski definition) is 1. The maximum absolute atomic E-state index is 12.8. The fourth-order valence-corrected chi connectivity index (χ4v) is 5.29. The molecule has 2 aromatic heterocycles. The first-order valence-corrected chi connectivity index (χ1v) is 11.8. The molecule has 1 saturated heterocycles. The van der Waals surface area contributed by atoms with E-state index in [9.17, 15) is 9.59 Å². The number of anilines is 1. The van der Waals surface area contributed by atoms with Crippen molar-refractivity contribution in [2.45, 2.75) is 19.9 Å². The molecule has 33 heavy (non-hydrogen) atoms. The summed E-state index contributed by atoms with van der Waals surface area (Å²) >= 11 is 1.58. The fraction of sp³-hybridized carbons (Fsp3) is 0.360. The zero-order valence-corrected chi connectivity index (χ0v) is 20.2. The number of piperazine rings is 1. The molecule has 0 bridgehead atoms. The van der Waals surface area contributed by atoms with Crippen molar-refractivity contribution in [2.75, 3.05) is 45.7 Å². The van der Waals surface area contributed by atoms with Crippen LogP contribution in [0.25, 0.3) is 0 Å². The van der Waals surface area contributed by atoms with Crippen molar-refractivity contribution in [1.29, 1.82) is 0 Å². The monoisotopic (exact) mass is 467 g/mol. The molecule has 1 aliphatic heterocycles. The smallest absolute Gasteiger partial charge is 0.337 e. The summed E-state index contributed by atoms with van der Waals surface area (Å²) in [4.78, 5) is 30.7. The molecule has 0 aliphatic carbocycles. The van der Waals surface area contributed by atoms with Crippen LogP contribution < -0.4 is 5.32 Å². The Kier molecular flexibility index (Phi) is 6.97. The molecule has 3 heterocycles. The molecule has 1 fully saturated rings. The third-order valence-electron chi connectivity index (χ3n) is 6.23. The average molecular weight is 468 g/mol. The molecule has 174 valence electrons. The van der Waals surface area contributed by atoms with Crippen LogP contribution in [-0.4, -0.2) is 62.0 Å². The van der Waals surface area contributed by atoms with E-state index in [1.54, 1.807) is 35.6 Å². The van der Waals surface area contributed by atoms with Crippen molar-refractivity contribution in [3.05, 3.63) is 75.6 Å². The molecular formula is C25H29N3O4S. The van der Waals surface area contributed by atoms with Crippen LogP contribution in [0.5, 0.6) is 0 Å². The Hall–Kier alpha value is -2.94. The van der Waals surface area contributed by atoms with E-state index < -0.39 is 0 Å². The number of hydrogen-bond acceptors (Lipinski definition) is 7. The summed E-state index contributed by atoms with van der Waals surface area (Å²) < 4.78 is 10.2. The molecule has 1 amide bonds. The quantitative estimate of drug-likeness (QED) is 0.544. The van der Waals surface area contributed by atoms with Crippen LogP contribution in [-0.2, 0) is 4.74 Å². The molecule has 1 aromatic carbocycles. The summed E-state index contributed by atoms with van der Waals surface area (Å²) in [5.41, 5.74) is 3.84. The Labute approximate surface area is 197 Å². The zero-order valence-electron chi connectivity index (χ0n) is 19.4. The fourth-order valence-electron chi connectivity index (χ4n) is 4.20. The van der Waals surface area contributed by atoms with E-state index in [0.717, 1.165) is 52.7 Å². The predicted octanol–water partition coefficient (Wildman–Crippen LogP) is 4.33. The van der Waals surface area contributed by atoms with Crippen LogP contribution in [0.3, 0.4) is 0 Å². The molecule has 0 unspecified atom stereocenters. The summed E-state index contributed by atoms with van der Waals surface area (Å²) in [6.07, 6.45) is 1.50. The number of esters is 1. The number of benzene rings is 1. The van der Waals surface area contributed by atoms with E-state index in [2.05, 4.69) is 36.0 Å². The molecule has 8 heteroatoms. The van der Waals surface area contributed by atoms with E-state index in [-0.39, 0.29) is 23.7 Å². The van der Waals surface area contributed by atoms with Gasteiger partial charge in [0.2, 0.25) is 0 Å². The third-order valence-corrected chi connectivity index (χ3v) is 7.37. The first kappa shape index (κ1) is 23.2. The van der Waals surface area contributed by atoms with Gasteiger partial charge in [0.15, 0.2) is 5.76 Å². The van der Waals surface area contributed by atoms with Crippen LogP contribution in [0.15, 0.2) is 47.1 Å². The van der Waals surface area contributed by atoms with E-state index in [1.807, 2.05) is 12.1 Å². The molecule has 3 aromatic rings. The minimum atomic E-state index is -0.355. The Morgan fingerprint density at radius 1 is 1.09 bits per heavy atom. The number of aryl methyl sites for hydroxylation is 1. The predicted molar refractivity (Wildman–Crippen MR) is 129 cm³/mol. The van der Waals surface area contributed by atoms with Gasteiger partial charge in [0.05, 0.1) is 25.0 Å². The maximum Gasteiger partial charge on any atom is 0.337 e. The summed E-state index contributed by atoms with van der Waals surface area (Å²) in [5, 5.41) is 3.91. The van der Waals surface area contributed by atoms with Crippen molar-refractivity contribution >= 4 is 28.2 Å². The first-order chi connectivity index (χ1) is 15.9. The Balaban J connectivity index is 1.75. The lowest BCUT2D eigenvalue weighted by atomic mass is 9.93. The van der Waals surface area contributed by atoms with Gasteiger partial charge in [-0.1, -0.05) is 12.1 Å². The highest BCUT2D eigenvalue weighted by molar-refractivity contribution is 7.16. The van der Waals surface area contributed by atoms with Gasteiger partial charge in [0, 0.05) is 36.6 Å². The number of carbonyl (C=O) groups is 2. The molecule has 0 saturated carbocycles. The highest BCUT2D eigenvalue weighted by atomic mass is 32.1. The van der Waals surface area contributed by atoms with E-state index in [1.165, 1.54) is 13.4 Å². The lowest BCUT2D eigenvalue weighted by Gasteiger charge is -2.39. The summed E-state index contributed by atoms with van der Waals surface area (Å²) in [5.74, 6) is -0.337. The number of nitrogens with one attached hydrogen (secondary N) is 1. The molecular weight excluding hydrogens is 438 g/mol. The number of thiophene rings is 1. The minimum absolute atomic E-state index is 0.0535. The largest absolute Gasteiger partial charge is 0.465 e. The number of furan rings is 1. The van der Waals surface area contributed by atoms with Crippen molar-refractivity contribution in [3.63, 3.8) is 0 Å². The number of nitrogens with zero attached hydrogens (tertiary/aromatic N) is 2. The summed E-state index contributed by atoms with van der Waals surface area (Å²) in [6, 6.07) is 10.9. The van der Waals surface area contributed by atoms with Gasteiger partial charge in [-0.15, -0.1) is 11.3 Å². The Bertz CT molecular complexity index is 1110. The highest BCUT2D eigenvalue weighted by Crippen LogP contribution is 2.42. The van der Waals surface area contributed by atoms with Gasteiger partial charge in [-0.25, -0.2) is 4.79 Å². The number of carbonyl (C=O) groups excluding carboxylic acids is 2. The van der Waals surface area contributed by atoms with Gasteiger partial charge >= 0.3 is 5.97 Å². The van der Waals surface area contributed by atoms with Crippen molar-refractivity contribution in [2.24, 2.45) is 0 Å². The summed E-state index contributed by atoms with van der Waals surface area (Å²) in [7, 11) is 3.52. The highest BCUT2D eigenvalue weighted by Gasteiger charge is 2.31. The maximum atomic E-state index is 12.8. The summed E-state index contributed by atoms with van der Waals surface area (Å²) in [6.45, 7) is 7.92. The van der Waals surface area contributed by atoms with E-state index >= 15 is 0 Å². The molecule has 4 rings (SSSR count). The number of likely N-dealkylation sites (N-methyl/N-ethyl adjacent to an activating group) is 1. The van der Waals surface area contributed by atoms with Crippen LogP contribution in [0.2, 0.25) is 0 Å². The van der Waals surface area contributed by atoms with Gasteiger partial charge in [0.1, 0.15) is 5.00 Å². The molecule has 1 N–H and O–H groups in total. The van der Waals surface area contributed by atoms with Crippen molar-refractivity contribution in [1.82, 2.24) is 9.80 Å². The number of methoxy groups -OCH3 is 1. The zero-order chi connectivity index (χ0) is 23.5. The molecule has 0 spiro atoms. The SMILES string of the molecule is COC(=O)c1ccc([C@@H](c2c(NC(=O)c3ccco3)sc(C)c2C)N2CCN(C)CC2)cc1. The van der Waals surface area contributed by atoms with Crippen LogP contribution in [0.1, 0.15) is 48.5 Å². The molecule has 1 atom stereocenters. The second-order valence-electron chi connectivity index (χ2n) is 8.31. The number of amides is 1. The van der Waals surface area contributed by atoms with Gasteiger partial charge < -0.3 is 19.4 Å². The van der Waals surface area contributed by atoms with Gasteiger partial charge in [-0.3, -0.25) is 9.69 Å². The van der Waals surface area contributed by atoms with Crippen molar-refractivity contribution < 1.29 is 18.7 Å². The standard InChI is InChI=1S/C25H29N3O4S/c1-16-17(2)33-24(26-23(29)20-6-5-15-32-20)21(16)22(28-13-11-27(3)12-14-28)18-7-9-19(10-8-18)25(30)31-4/h5-10,15,22H,11-14H2,1-4H3,(H,26,29)/t22-/m0/s1. The normalized spacial score (nSPS) is 15.9. The second kappa shape index (κ2) is 9.91. The lowest BCUT2D eigenvalue weighted by Crippen LogP contribution is -2.46. The van der Waals surface area contributed by atoms with Gasteiger partial charge in [0.25, 0.3) is 5.91 Å². The van der Waals surface area contributed by atoms with E-state index in [4.69, 9.17) is 9.15 Å². The Morgan fingerprint density at radius 2 is 1.79 bits per heavy atom. The van der Waals surface area contributed by atoms with Crippen LogP contribution in [0.4, 0.5) is 5.00 Å². The molecule has 0 radical (unpaired) electrons. The number of rotatable bonds is 6. The minimum Gasteiger partial charge on any atom is -0.465 e. The van der Waals surface area contributed by atoms with Crippen LogP contribution >= 0.6 is 11.3 Å². The van der Waals surface area contributed by atoms with Crippen LogP contribution in [0, 0.1) is 13.8 Å². The van der Waals surface area contributed by atoms with Crippen molar-refractivity contribution in [3.8, 4) is 0 Å². The Morgan fingerprint density at radius 3 is 2.39 bits per heavy atom.